The number of hydrogen-bond donors (Lipinski definition) is 2. The van der Waals surface area contributed by atoms with Gasteiger partial charge in [0.05, 0.1) is 4.90 Å². The largest absolute Gasteiger partial charge is 0.399 e. The number of sulfonamides is 1. The Bertz CT molecular complexity index is 691. The van der Waals surface area contributed by atoms with Crippen molar-refractivity contribution in [3.63, 3.8) is 0 Å². The van der Waals surface area contributed by atoms with Crippen LogP contribution in [0.2, 0.25) is 0 Å². The summed E-state index contributed by atoms with van der Waals surface area (Å²) in [5, 5.41) is 1.92. The molecular weight excluding hydrogens is 299 g/mol. The van der Waals surface area contributed by atoms with Crippen LogP contribution in [0.25, 0.3) is 0 Å². The number of aryl methyl sites for hydroxylation is 1. The third kappa shape index (κ3) is 3.36. The van der Waals surface area contributed by atoms with Gasteiger partial charge >= 0.3 is 0 Å². The first kappa shape index (κ1) is 15.0. The summed E-state index contributed by atoms with van der Waals surface area (Å²) >= 11 is 1.49. The Morgan fingerprint density at radius 2 is 2.10 bits per heavy atom. The van der Waals surface area contributed by atoms with Gasteiger partial charge in [-0.15, -0.1) is 11.3 Å². The van der Waals surface area contributed by atoms with Gasteiger partial charge in [0, 0.05) is 17.1 Å². The van der Waals surface area contributed by atoms with Crippen molar-refractivity contribution >= 4 is 27.0 Å². The van der Waals surface area contributed by atoms with Crippen LogP contribution in [-0.4, -0.2) is 8.42 Å². The van der Waals surface area contributed by atoms with Gasteiger partial charge in [-0.05, 0) is 41.6 Å². The summed E-state index contributed by atoms with van der Waals surface area (Å²) < 4.78 is 39.9. The molecule has 20 heavy (non-hydrogen) atoms. The van der Waals surface area contributed by atoms with Gasteiger partial charge in [-0.1, -0.05) is 6.92 Å². The highest BCUT2D eigenvalue weighted by molar-refractivity contribution is 7.89. The molecule has 0 unspecified atom stereocenters. The Morgan fingerprint density at radius 3 is 2.75 bits per heavy atom. The number of rotatable bonds is 5. The molecule has 0 aliphatic rings. The van der Waals surface area contributed by atoms with Crippen LogP contribution in [-0.2, 0) is 23.0 Å². The van der Waals surface area contributed by atoms with E-state index in [0.717, 1.165) is 29.0 Å². The van der Waals surface area contributed by atoms with Gasteiger partial charge in [0.25, 0.3) is 0 Å². The maximum atomic E-state index is 13.2. The number of nitrogens with one attached hydrogen (secondary N) is 1. The fourth-order valence-electron chi connectivity index (χ4n) is 1.82. The lowest BCUT2D eigenvalue weighted by Crippen LogP contribution is -2.23. The first-order valence-electron chi connectivity index (χ1n) is 6.03. The third-order valence-corrected chi connectivity index (χ3v) is 5.19. The zero-order valence-corrected chi connectivity index (χ0v) is 12.5. The number of thiophene rings is 1. The maximum Gasteiger partial charge on any atom is 0.241 e. The quantitative estimate of drug-likeness (QED) is 0.833. The van der Waals surface area contributed by atoms with E-state index in [2.05, 4.69) is 4.72 Å². The minimum Gasteiger partial charge on any atom is -0.399 e. The number of anilines is 1. The molecule has 0 spiro atoms. The van der Waals surface area contributed by atoms with Gasteiger partial charge < -0.3 is 5.73 Å². The second-order valence-electron chi connectivity index (χ2n) is 4.27. The fraction of sp³-hybridized carbons (Fsp3) is 0.231. The lowest BCUT2D eigenvalue weighted by atomic mass is 10.2. The van der Waals surface area contributed by atoms with Gasteiger partial charge in [0.1, 0.15) is 5.82 Å². The van der Waals surface area contributed by atoms with Crippen molar-refractivity contribution in [3.8, 4) is 0 Å². The SMILES string of the molecule is CCc1ccsc1CNS(=O)(=O)c1cc(N)cc(F)c1. The molecule has 0 radical (unpaired) electrons. The van der Waals surface area contributed by atoms with E-state index in [4.69, 9.17) is 5.73 Å². The van der Waals surface area contributed by atoms with Crippen molar-refractivity contribution in [2.24, 2.45) is 0 Å². The van der Waals surface area contributed by atoms with E-state index in [0.29, 0.717) is 0 Å². The van der Waals surface area contributed by atoms with Crippen molar-refractivity contribution in [3.05, 3.63) is 45.9 Å². The van der Waals surface area contributed by atoms with Crippen LogP contribution in [0.5, 0.6) is 0 Å². The molecule has 2 rings (SSSR count). The molecule has 108 valence electrons. The van der Waals surface area contributed by atoms with Crippen LogP contribution in [0, 0.1) is 5.82 Å². The summed E-state index contributed by atoms with van der Waals surface area (Å²) in [5.41, 5.74) is 6.65. The van der Waals surface area contributed by atoms with E-state index in [1.807, 2.05) is 18.4 Å². The van der Waals surface area contributed by atoms with Crippen molar-refractivity contribution in [2.45, 2.75) is 24.8 Å². The molecule has 0 aliphatic heterocycles. The molecule has 2 aromatic rings. The second-order valence-corrected chi connectivity index (χ2v) is 7.04. The average Bonchev–Trinajstić information content (AvgIpc) is 2.82. The van der Waals surface area contributed by atoms with Gasteiger partial charge in [-0.3, -0.25) is 0 Å². The molecular formula is C13H15FN2O2S2. The lowest BCUT2D eigenvalue weighted by molar-refractivity contribution is 0.578. The zero-order chi connectivity index (χ0) is 14.8. The normalized spacial score (nSPS) is 11.7. The highest BCUT2D eigenvalue weighted by Gasteiger charge is 2.16. The highest BCUT2D eigenvalue weighted by Crippen LogP contribution is 2.19. The highest BCUT2D eigenvalue weighted by atomic mass is 32.2. The van der Waals surface area contributed by atoms with Crippen LogP contribution in [0.4, 0.5) is 10.1 Å². The molecule has 3 N–H and O–H groups in total. The van der Waals surface area contributed by atoms with E-state index in [1.165, 1.54) is 17.4 Å². The smallest absolute Gasteiger partial charge is 0.241 e. The van der Waals surface area contributed by atoms with E-state index >= 15 is 0 Å². The summed E-state index contributed by atoms with van der Waals surface area (Å²) in [7, 11) is -3.77. The topological polar surface area (TPSA) is 72.2 Å². The lowest BCUT2D eigenvalue weighted by Gasteiger charge is -2.08. The Balaban J connectivity index is 2.19. The van der Waals surface area contributed by atoms with Crippen molar-refractivity contribution < 1.29 is 12.8 Å². The predicted molar refractivity (Wildman–Crippen MR) is 78.5 cm³/mol. The summed E-state index contributed by atoms with van der Waals surface area (Å²) in [6, 6.07) is 5.23. The van der Waals surface area contributed by atoms with Gasteiger partial charge in [-0.2, -0.15) is 0 Å². The maximum absolute atomic E-state index is 13.2. The second kappa shape index (κ2) is 5.90. The van der Waals surface area contributed by atoms with Crippen LogP contribution in [0.1, 0.15) is 17.4 Å². The summed E-state index contributed by atoms with van der Waals surface area (Å²) in [6.45, 7) is 2.20. The van der Waals surface area contributed by atoms with Crippen molar-refractivity contribution in [1.29, 1.82) is 0 Å². The molecule has 0 fully saturated rings. The van der Waals surface area contributed by atoms with Crippen LogP contribution >= 0.6 is 11.3 Å². The van der Waals surface area contributed by atoms with Crippen LogP contribution < -0.4 is 10.5 Å². The molecule has 1 heterocycles. The van der Waals surface area contributed by atoms with Gasteiger partial charge in [0.2, 0.25) is 10.0 Å². The number of nitrogen functional groups attached to an aromatic ring is 1. The number of halogens is 1. The Hall–Kier alpha value is -1.44. The standard InChI is InChI=1S/C13H15FN2O2S2/c1-2-9-3-4-19-13(9)8-16-20(17,18)12-6-10(14)5-11(15)7-12/h3-7,16H,2,8,15H2,1H3. The average molecular weight is 314 g/mol. The molecule has 0 atom stereocenters. The third-order valence-electron chi connectivity index (χ3n) is 2.85. The minimum atomic E-state index is -3.77. The molecule has 0 saturated heterocycles. The molecule has 1 aromatic carbocycles. The molecule has 7 heteroatoms. The number of hydrogen-bond acceptors (Lipinski definition) is 4. The van der Waals surface area contributed by atoms with E-state index in [9.17, 15) is 12.8 Å². The summed E-state index contributed by atoms with van der Waals surface area (Å²) in [5.74, 6) is -0.671. The molecule has 0 amide bonds. The van der Waals surface area contributed by atoms with E-state index < -0.39 is 15.8 Å². The van der Waals surface area contributed by atoms with E-state index in [1.54, 1.807) is 0 Å². The Kier molecular flexibility index (Phi) is 4.42. The molecule has 0 bridgehead atoms. The monoisotopic (exact) mass is 314 g/mol. The molecule has 4 nitrogen and oxygen atoms in total. The summed E-state index contributed by atoms with van der Waals surface area (Å²) in [4.78, 5) is 0.796. The Morgan fingerprint density at radius 1 is 1.35 bits per heavy atom. The first-order chi connectivity index (χ1) is 9.42. The van der Waals surface area contributed by atoms with Crippen molar-refractivity contribution in [2.75, 3.05) is 5.73 Å². The number of benzene rings is 1. The summed E-state index contributed by atoms with van der Waals surface area (Å²) in [6.07, 6.45) is 0.841. The first-order valence-corrected chi connectivity index (χ1v) is 8.39. The van der Waals surface area contributed by atoms with Gasteiger partial charge in [-0.25, -0.2) is 17.5 Å². The molecule has 1 aromatic heterocycles. The molecule has 0 saturated carbocycles. The minimum absolute atomic E-state index is 0.0794. The number of nitrogens with two attached hydrogens (primary N) is 1. The van der Waals surface area contributed by atoms with E-state index in [-0.39, 0.29) is 17.1 Å². The van der Waals surface area contributed by atoms with Gasteiger partial charge in [0.15, 0.2) is 0 Å². The molecule has 0 aliphatic carbocycles. The zero-order valence-electron chi connectivity index (χ0n) is 10.9. The fourth-order valence-corrected chi connectivity index (χ4v) is 3.89. The Labute approximate surface area is 121 Å². The van der Waals surface area contributed by atoms with Crippen LogP contribution in [0.3, 0.4) is 0 Å². The van der Waals surface area contributed by atoms with Crippen molar-refractivity contribution in [1.82, 2.24) is 4.72 Å². The predicted octanol–water partition coefficient (Wildman–Crippen LogP) is 2.51. The van der Waals surface area contributed by atoms with Crippen LogP contribution in [0.15, 0.2) is 34.5 Å².